The van der Waals surface area contributed by atoms with Crippen molar-refractivity contribution in [3.63, 3.8) is 0 Å². The molecule has 19 heavy (non-hydrogen) atoms. The van der Waals surface area contributed by atoms with Crippen LogP contribution in [0.15, 0.2) is 0 Å². The Morgan fingerprint density at radius 1 is 0.895 bits per heavy atom. The third-order valence-electron chi connectivity index (χ3n) is 2.13. The number of aliphatic hydroxyl groups is 1. The third-order valence-corrected chi connectivity index (χ3v) is 2.13. The molecule has 7 heteroatoms. The largest absolute Gasteiger partial charge is 0.462 e. The fraction of sp³-hybridized carbons (Fsp3) is 0.750. The molecule has 0 bridgehead atoms. The minimum atomic E-state index is -1.34. The highest BCUT2D eigenvalue weighted by molar-refractivity contribution is 6.15. The molecule has 0 atom stereocenters. The first kappa shape index (κ1) is 17.7. The Morgan fingerprint density at radius 2 is 1.37 bits per heavy atom. The fourth-order valence-corrected chi connectivity index (χ4v) is 1.29. The molecule has 0 aliphatic rings. The summed E-state index contributed by atoms with van der Waals surface area (Å²) in [6.07, 6.45) is 0. The molecule has 0 saturated carbocycles. The molecule has 0 unspecified atom stereocenters. The maximum atomic E-state index is 11.4. The number of esters is 1. The Kier molecular flexibility index (Phi) is 9.87. The first-order valence-corrected chi connectivity index (χ1v) is 5.94. The summed E-state index contributed by atoms with van der Waals surface area (Å²) in [5.41, 5.74) is 0. The second kappa shape index (κ2) is 10.6. The van der Waals surface area contributed by atoms with Gasteiger partial charge in [-0.3, -0.25) is 14.4 Å². The number of ether oxygens (including phenoxy) is 3. The van der Waals surface area contributed by atoms with E-state index >= 15 is 0 Å². The zero-order valence-corrected chi connectivity index (χ0v) is 11.2. The minimum Gasteiger partial charge on any atom is -0.462 e. The molecule has 1 N–H and O–H groups in total. The monoisotopic (exact) mass is 276 g/mol. The van der Waals surface area contributed by atoms with Gasteiger partial charge in [0.05, 0.1) is 33.0 Å². The molecule has 0 aliphatic carbocycles. The number of hydrogen-bond acceptors (Lipinski definition) is 7. The van der Waals surface area contributed by atoms with E-state index in [1.54, 1.807) is 0 Å². The highest BCUT2D eigenvalue weighted by Gasteiger charge is 2.29. The topological polar surface area (TPSA) is 99.1 Å². The molecule has 110 valence electrons. The predicted octanol–water partition coefficient (Wildman–Crippen LogP) is -0.651. The van der Waals surface area contributed by atoms with Crippen LogP contribution in [-0.4, -0.2) is 62.3 Å². The van der Waals surface area contributed by atoms with Crippen LogP contribution in [0.1, 0.15) is 13.8 Å². The molecule has 7 nitrogen and oxygen atoms in total. The summed E-state index contributed by atoms with van der Waals surface area (Å²) in [6.45, 7) is 3.29. The lowest BCUT2D eigenvalue weighted by atomic mass is 10.0. The number of ketones is 2. The number of carbonyl (C=O) groups excluding carboxylic acids is 3. The van der Waals surface area contributed by atoms with Gasteiger partial charge in [-0.1, -0.05) is 0 Å². The Bertz CT molecular complexity index is 286. The summed E-state index contributed by atoms with van der Waals surface area (Å²) in [7, 11) is 0. The average molecular weight is 276 g/mol. The Balaban J connectivity index is 3.68. The van der Waals surface area contributed by atoms with Crippen LogP contribution in [0.5, 0.6) is 0 Å². The zero-order chi connectivity index (χ0) is 14.7. The average Bonchev–Trinajstić information content (AvgIpc) is 2.31. The zero-order valence-electron chi connectivity index (χ0n) is 11.2. The standard InChI is InChI=1S/C12H20O7/c1-9(14)11(10(2)15)12(16)19-8-7-18-6-5-17-4-3-13/h11,13H,3-8H2,1-2H3. The van der Waals surface area contributed by atoms with E-state index in [4.69, 9.17) is 19.3 Å². The molecule has 0 radical (unpaired) electrons. The minimum absolute atomic E-state index is 0.0319. The molecule has 0 aromatic rings. The van der Waals surface area contributed by atoms with Crippen molar-refractivity contribution in [2.45, 2.75) is 13.8 Å². The lowest BCUT2D eigenvalue weighted by Crippen LogP contribution is -2.31. The van der Waals surface area contributed by atoms with E-state index < -0.39 is 23.5 Å². The number of rotatable bonds is 11. The fourth-order valence-electron chi connectivity index (χ4n) is 1.29. The van der Waals surface area contributed by atoms with Crippen LogP contribution in [0, 0.1) is 5.92 Å². The van der Waals surface area contributed by atoms with Crippen LogP contribution >= 0.6 is 0 Å². The van der Waals surface area contributed by atoms with Crippen LogP contribution < -0.4 is 0 Å². The van der Waals surface area contributed by atoms with Crippen LogP contribution in [-0.2, 0) is 28.6 Å². The number of aliphatic hydroxyl groups excluding tert-OH is 1. The number of carbonyl (C=O) groups is 3. The molecule has 0 aromatic carbocycles. The van der Waals surface area contributed by atoms with Crippen molar-refractivity contribution in [3.05, 3.63) is 0 Å². The van der Waals surface area contributed by atoms with Gasteiger partial charge in [0, 0.05) is 0 Å². The summed E-state index contributed by atoms with van der Waals surface area (Å²) < 4.78 is 14.8. The first-order chi connectivity index (χ1) is 9.00. The predicted molar refractivity (Wildman–Crippen MR) is 64.5 cm³/mol. The van der Waals surface area contributed by atoms with E-state index in [1.807, 2.05) is 0 Å². The highest BCUT2D eigenvalue weighted by atomic mass is 16.6. The van der Waals surface area contributed by atoms with E-state index in [1.165, 1.54) is 13.8 Å². The summed E-state index contributed by atoms with van der Waals surface area (Å²) in [5.74, 6) is -3.25. The quantitative estimate of drug-likeness (QED) is 0.304. The lowest BCUT2D eigenvalue weighted by molar-refractivity contribution is -0.155. The number of hydrogen-bond donors (Lipinski definition) is 1. The van der Waals surface area contributed by atoms with Gasteiger partial charge in [-0.15, -0.1) is 0 Å². The molecule has 0 heterocycles. The Labute approximate surface area is 111 Å². The van der Waals surface area contributed by atoms with Crippen molar-refractivity contribution in [1.82, 2.24) is 0 Å². The molecule has 0 amide bonds. The molecular formula is C12H20O7. The summed E-state index contributed by atoms with van der Waals surface area (Å²) in [4.78, 5) is 33.6. The van der Waals surface area contributed by atoms with Crippen LogP contribution in [0.3, 0.4) is 0 Å². The molecule has 0 saturated heterocycles. The van der Waals surface area contributed by atoms with E-state index in [9.17, 15) is 14.4 Å². The maximum absolute atomic E-state index is 11.4. The summed E-state index contributed by atoms with van der Waals surface area (Å²) in [6, 6.07) is 0. The van der Waals surface area contributed by atoms with Gasteiger partial charge in [-0.25, -0.2) is 0 Å². The Morgan fingerprint density at radius 3 is 1.84 bits per heavy atom. The van der Waals surface area contributed by atoms with Crippen LogP contribution in [0.25, 0.3) is 0 Å². The molecule has 0 aromatic heterocycles. The van der Waals surface area contributed by atoms with Gasteiger partial charge in [0.15, 0.2) is 17.5 Å². The maximum Gasteiger partial charge on any atom is 0.324 e. The van der Waals surface area contributed by atoms with Crippen molar-refractivity contribution < 1.29 is 33.7 Å². The molecule has 0 fully saturated rings. The van der Waals surface area contributed by atoms with Crippen molar-refractivity contribution in [1.29, 1.82) is 0 Å². The van der Waals surface area contributed by atoms with Crippen molar-refractivity contribution in [3.8, 4) is 0 Å². The van der Waals surface area contributed by atoms with Gasteiger partial charge < -0.3 is 19.3 Å². The van der Waals surface area contributed by atoms with E-state index in [-0.39, 0.29) is 26.4 Å². The van der Waals surface area contributed by atoms with E-state index in [0.29, 0.717) is 13.2 Å². The van der Waals surface area contributed by atoms with E-state index in [0.717, 1.165) is 0 Å². The summed E-state index contributed by atoms with van der Waals surface area (Å²) >= 11 is 0. The SMILES string of the molecule is CC(=O)C(C(C)=O)C(=O)OCCOCCOCCO. The van der Waals surface area contributed by atoms with Gasteiger partial charge >= 0.3 is 5.97 Å². The van der Waals surface area contributed by atoms with Gasteiger partial charge in [0.2, 0.25) is 0 Å². The van der Waals surface area contributed by atoms with Gasteiger partial charge in [-0.2, -0.15) is 0 Å². The lowest BCUT2D eigenvalue weighted by Gasteiger charge is -2.10. The molecule has 0 aliphatic heterocycles. The van der Waals surface area contributed by atoms with E-state index in [2.05, 4.69) is 0 Å². The smallest absolute Gasteiger partial charge is 0.324 e. The first-order valence-electron chi connectivity index (χ1n) is 5.94. The van der Waals surface area contributed by atoms with Gasteiger partial charge in [-0.05, 0) is 13.8 Å². The Hall–Kier alpha value is -1.31. The van der Waals surface area contributed by atoms with Gasteiger partial charge in [0.25, 0.3) is 0 Å². The molecule has 0 spiro atoms. The normalized spacial score (nSPS) is 10.5. The van der Waals surface area contributed by atoms with Crippen molar-refractivity contribution in [2.75, 3.05) is 39.6 Å². The summed E-state index contributed by atoms with van der Waals surface area (Å²) in [5, 5.41) is 8.43. The number of Topliss-reactive ketones (excluding diaryl/α,β-unsaturated/α-hetero) is 2. The second-order valence-corrected chi connectivity index (χ2v) is 3.77. The second-order valence-electron chi connectivity index (χ2n) is 3.77. The molecular weight excluding hydrogens is 256 g/mol. The van der Waals surface area contributed by atoms with Crippen LogP contribution in [0.4, 0.5) is 0 Å². The van der Waals surface area contributed by atoms with Crippen molar-refractivity contribution >= 4 is 17.5 Å². The third kappa shape index (κ3) is 8.41. The van der Waals surface area contributed by atoms with Gasteiger partial charge in [0.1, 0.15) is 6.61 Å². The van der Waals surface area contributed by atoms with Crippen LogP contribution in [0.2, 0.25) is 0 Å². The molecule has 0 rings (SSSR count). The highest BCUT2D eigenvalue weighted by Crippen LogP contribution is 2.03. The van der Waals surface area contributed by atoms with Crippen molar-refractivity contribution in [2.24, 2.45) is 5.92 Å².